The minimum absolute atomic E-state index is 0.420. The summed E-state index contributed by atoms with van der Waals surface area (Å²) >= 11 is 17.2. The van der Waals surface area contributed by atoms with Crippen LogP contribution in [0, 0.1) is 0 Å². The third-order valence-corrected chi connectivity index (χ3v) is 8.15. The van der Waals surface area contributed by atoms with Gasteiger partial charge in [-0.05, 0) is 38.2 Å². The zero-order valence-corrected chi connectivity index (χ0v) is 14.7. The molecule has 0 saturated carbocycles. The number of rotatable bonds is 6. The standard InChI is InChI=1S/C10H20S6/c1-7(11)15-10(16-8(2)12)6-9-13-4-3-5-14-9/h7-12H,3-6H2,1-2H3. The van der Waals surface area contributed by atoms with Crippen molar-refractivity contribution in [2.75, 3.05) is 11.5 Å². The Kier molecular flexibility index (Phi) is 9.16. The average Bonchev–Trinajstić information content (AvgIpc) is 2.16. The van der Waals surface area contributed by atoms with Crippen molar-refractivity contribution in [1.29, 1.82) is 0 Å². The maximum atomic E-state index is 4.49. The predicted molar refractivity (Wildman–Crippen MR) is 93.8 cm³/mol. The van der Waals surface area contributed by atoms with Gasteiger partial charge in [-0.15, -0.1) is 47.0 Å². The van der Waals surface area contributed by atoms with Gasteiger partial charge in [-0.1, -0.05) is 0 Å². The normalized spacial score (nSPS) is 24.0. The summed E-state index contributed by atoms with van der Waals surface area (Å²) in [6.07, 6.45) is 2.66. The van der Waals surface area contributed by atoms with Crippen LogP contribution in [0.15, 0.2) is 0 Å². The van der Waals surface area contributed by atoms with E-state index in [1.54, 1.807) is 0 Å². The Hall–Kier alpha value is 2.10. The zero-order valence-electron chi connectivity index (χ0n) is 9.67. The van der Waals surface area contributed by atoms with Crippen molar-refractivity contribution in [3.63, 3.8) is 0 Å². The Bertz CT molecular complexity index is 168. The summed E-state index contributed by atoms with van der Waals surface area (Å²) in [5.41, 5.74) is 0. The molecule has 0 aromatic rings. The van der Waals surface area contributed by atoms with E-state index < -0.39 is 0 Å². The first-order valence-electron chi connectivity index (χ1n) is 5.48. The summed E-state index contributed by atoms with van der Waals surface area (Å²) < 4.78 is 2.27. The lowest BCUT2D eigenvalue weighted by molar-refractivity contribution is 0.993. The Morgan fingerprint density at radius 2 is 1.62 bits per heavy atom. The lowest BCUT2D eigenvalue weighted by Gasteiger charge is -2.26. The molecule has 96 valence electrons. The average molecular weight is 333 g/mol. The highest BCUT2D eigenvalue weighted by atomic mass is 32.2. The summed E-state index contributed by atoms with van der Waals surface area (Å²) in [6, 6.07) is 0. The van der Waals surface area contributed by atoms with Crippen LogP contribution in [0.25, 0.3) is 0 Å². The van der Waals surface area contributed by atoms with Gasteiger partial charge in [0, 0.05) is 9.16 Å². The van der Waals surface area contributed by atoms with E-state index in [1.165, 1.54) is 24.3 Å². The van der Waals surface area contributed by atoms with Gasteiger partial charge in [0.25, 0.3) is 0 Å². The maximum absolute atomic E-state index is 4.49. The van der Waals surface area contributed by atoms with Crippen LogP contribution < -0.4 is 0 Å². The molecule has 0 nitrogen and oxygen atoms in total. The van der Waals surface area contributed by atoms with Crippen LogP contribution in [0.3, 0.4) is 0 Å². The maximum Gasteiger partial charge on any atom is 0.0542 e. The van der Waals surface area contributed by atoms with Crippen molar-refractivity contribution < 1.29 is 0 Å². The molecule has 0 aromatic carbocycles. The monoisotopic (exact) mass is 332 g/mol. The fraction of sp³-hybridized carbons (Fsp3) is 1.00. The molecule has 2 atom stereocenters. The van der Waals surface area contributed by atoms with Gasteiger partial charge in [-0.2, -0.15) is 25.3 Å². The van der Waals surface area contributed by atoms with Gasteiger partial charge in [0.2, 0.25) is 0 Å². The number of hydrogen-bond donors (Lipinski definition) is 2. The molecule has 0 amide bonds. The highest BCUT2D eigenvalue weighted by Gasteiger charge is 2.22. The number of hydrogen-bond acceptors (Lipinski definition) is 6. The fourth-order valence-corrected chi connectivity index (χ4v) is 8.97. The molecule has 0 N–H and O–H groups in total. The Morgan fingerprint density at radius 1 is 1.12 bits per heavy atom. The van der Waals surface area contributed by atoms with Crippen LogP contribution in [0.5, 0.6) is 0 Å². The Morgan fingerprint density at radius 3 is 2.06 bits per heavy atom. The van der Waals surface area contributed by atoms with Crippen molar-refractivity contribution in [2.45, 2.75) is 45.0 Å². The molecule has 0 aliphatic carbocycles. The molecular formula is C10H20S6. The summed E-state index contributed by atoms with van der Waals surface area (Å²) in [5.74, 6) is 2.68. The molecule has 1 rings (SSSR count). The van der Waals surface area contributed by atoms with Gasteiger partial charge >= 0.3 is 0 Å². The highest BCUT2D eigenvalue weighted by Crippen LogP contribution is 2.42. The second-order valence-electron chi connectivity index (χ2n) is 3.66. The molecule has 1 aliphatic heterocycles. The van der Waals surface area contributed by atoms with Crippen LogP contribution in [-0.4, -0.2) is 29.8 Å². The first kappa shape index (κ1) is 16.2. The van der Waals surface area contributed by atoms with Crippen LogP contribution in [0.1, 0.15) is 26.7 Å². The van der Waals surface area contributed by atoms with Gasteiger partial charge in [0.05, 0.1) is 9.16 Å². The second-order valence-corrected chi connectivity index (χ2v) is 12.2. The topological polar surface area (TPSA) is 0 Å². The summed E-state index contributed by atoms with van der Waals surface area (Å²) in [5, 5.41) is 0. The van der Waals surface area contributed by atoms with Crippen molar-refractivity contribution in [1.82, 2.24) is 0 Å². The molecule has 1 aliphatic rings. The first-order chi connectivity index (χ1) is 7.58. The largest absolute Gasteiger partial charge is 0.165 e. The molecule has 2 unspecified atom stereocenters. The SMILES string of the molecule is CC(S)SC(CC1SCCCS1)SC(C)S. The Labute approximate surface area is 128 Å². The summed E-state index contributed by atoms with van der Waals surface area (Å²) in [6.45, 7) is 4.32. The van der Waals surface area contributed by atoms with Crippen molar-refractivity contribution in [3.05, 3.63) is 0 Å². The lowest BCUT2D eigenvalue weighted by atomic mass is 10.5. The number of thiol groups is 2. The molecule has 6 heteroatoms. The fourth-order valence-electron chi connectivity index (χ4n) is 1.41. The van der Waals surface area contributed by atoms with E-state index in [2.05, 4.69) is 62.6 Å². The van der Waals surface area contributed by atoms with Crippen LogP contribution in [-0.2, 0) is 0 Å². The van der Waals surface area contributed by atoms with E-state index in [0.717, 1.165) is 4.58 Å². The van der Waals surface area contributed by atoms with E-state index in [1.807, 2.05) is 23.5 Å². The molecule has 0 aromatic heterocycles. The molecule has 0 radical (unpaired) electrons. The van der Waals surface area contributed by atoms with Gasteiger partial charge < -0.3 is 0 Å². The molecule has 0 bridgehead atoms. The molecule has 1 fully saturated rings. The van der Waals surface area contributed by atoms with Crippen molar-refractivity contribution in [3.8, 4) is 0 Å². The zero-order chi connectivity index (χ0) is 12.0. The summed E-state index contributed by atoms with van der Waals surface area (Å²) in [4.78, 5) is 0. The third-order valence-electron chi connectivity index (χ3n) is 1.98. The van der Waals surface area contributed by atoms with E-state index >= 15 is 0 Å². The van der Waals surface area contributed by atoms with Crippen LogP contribution >= 0.6 is 72.3 Å². The minimum atomic E-state index is 0.420. The Balaban J connectivity index is 2.35. The molecule has 0 spiro atoms. The van der Waals surface area contributed by atoms with E-state index in [9.17, 15) is 0 Å². The first-order valence-corrected chi connectivity index (χ1v) is 10.5. The van der Waals surface area contributed by atoms with Crippen LogP contribution in [0.4, 0.5) is 0 Å². The van der Waals surface area contributed by atoms with Gasteiger partial charge in [-0.25, -0.2) is 0 Å². The van der Waals surface area contributed by atoms with Crippen molar-refractivity contribution in [2.24, 2.45) is 0 Å². The smallest absolute Gasteiger partial charge is 0.0542 e. The van der Waals surface area contributed by atoms with Gasteiger partial charge in [0.1, 0.15) is 0 Å². The molecule has 16 heavy (non-hydrogen) atoms. The molecular weight excluding hydrogens is 313 g/mol. The minimum Gasteiger partial charge on any atom is -0.165 e. The van der Waals surface area contributed by atoms with E-state index in [4.69, 9.17) is 0 Å². The predicted octanol–water partition coefficient (Wildman–Crippen LogP) is 4.92. The van der Waals surface area contributed by atoms with Gasteiger partial charge in [0.15, 0.2) is 0 Å². The number of thioether (sulfide) groups is 4. The van der Waals surface area contributed by atoms with Crippen molar-refractivity contribution >= 4 is 72.3 Å². The van der Waals surface area contributed by atoms with Gasteiger partial charge in [-0.3, -0.25) is 0 Å². The quantitative estimate of drug-likeness (QED) is 0.523. The van der Waals surface area contributed by atoms with Crippen LogP contribution in [0.2, 0.25) is 0 Å². The highest BCUT2D eigenvalue weighted by molar-refractivity contribution is 8.24. The molecule has 1 heterocycles. The second kappa shape index (κ2) is 9.08. The van der Waals surface area contributed by atoms with E-state index in [-0.39, 0.29) is 0 Å². The van der Waals surface area contributed by atoms with E-state index in [0.29, 0.717) is 13.7 Å². The third kappa shape index (κ3) is 7.52. The molecule has 1 saturated heterocycles. The lowest BCUT2D eigenvalue weighted by Crippen LogP contribution is -2.14. The summed E-state index contributed by atoms with van der Waals surface area (Å²) in [7, 11) is 0.